The van der Waals surface area contributed by atoms with Gasteiger partial charge in [0, 0.05) is 39.1 Å². The minimum absolute atomic E-state index is 0. The van der Waals surface area contributed by atoms with Crippen molar-refractivity contribution in [3.8, 4) is 0 Å². The van der Waals surface area contributed by atoms with Crippen molar-refractivity contribution >= 4 is 5.97 Å². The molecule has 2 N–H and O–H groups in total. The van der Waals surface area contributed by atoms with Crippen LogP contribution in [0, 0.1) is 0 Å². The van der Waals surface area contributed by atoms with Crippen molar-refractivity contribution in [2.75, 3.05) is 66.8 Å². The predicted octanol–water partition coefficient (Wildman–Crippen LogP) is -3.08. The summed E-state index contributed by atoms with van der Waals surface area (Å²) in [6.07, 6.45) is 6.61. The quantitative estimate of drug-likeness (QED) is 0.0721. The van der Waals surface area contributed by atoms with Crippen LogP contribution in [0.5, 0.6) is 0 Å². The molecule has 9 heteroatoms. The number of esters is 1. The van der Waals surface area contributed by atoms with Crippen molar-refractivity contribution in [3.05, 3.63) is 12.7 Å². The number of aliphatic hydroxyl groups is 2. The fourth-order valence-corrected chi connectivity index (χ4v) is 3.25. The lowest BCUT2D eigenvalue weighted by atomic mass is 10.2. The van der Waals surface area contributed by atoms with Gasteiger partial charge in [-0.15, -0.1) is 0 Å². The van der Waals surface area contributed by atoms with Crippen molar-refractivity contribution in [2.24, 2.45) is 0 Å². The normalized spacial score (nSPS) is 11.9. The Labute approximate surface area is 209 Å². The molecule has 0 rings (SSSR count). The Hall–Kier alpha value is -0.410. The summed E-state index contributed by atoms with van der Waals surface area (Å²) in [6, 6.07) is 0. The summed E-state index contributed by atoms with van der Waals surface area (Å²) in [5.74, 6) is -0.407. The summed E-state index contributed by atoms with van der Waals surface area (Å²) in [6.45, 7) is 17.7. The van der Waals surface area contributed by atoms with Gasteiger partial charge in [0.05, 0.1) is 46.9 Å². The molecule has 0 aromatic heterocycles. The number of halogens is 2. The summed E-state index contributed by atoms with van der Waals surface area (Å²) in [4.78, 5) is 10.7. The summed E-state index contributed by atoms with van der Waals surface area (Å²) >= 11 is 0. The van der Waals surface area contributed by atoms with E-state index in [9.17, 15) is 4.79 Å². The van der Waals surface area contributed by atoms with Crippen LogP contribution in [0.25, 0.3) is 0 Å². The molecule has 32 heavy (non-hydrogen) atoms. The molecule has 0 aromatic carbocycles. The number of rotatable bonds is 17. The first-order chi connectivity index (χ1) is 14.2. The van der Waals surface area contributed by atoms with E-state index in [4.69, 9.17) is 19.7 Å². The van der Waals surface area contributed by atoms with Crippen molar-refractivity contribution in [2.45, 2.75) is 66.0 Å². The second-order valence-electron chi connectivity index (χ2n) is 8.36. The molecule has 0 amide bonds. The number of unbranched alkanes of at least 4 members (excludes halogenated alkanes) is 2. The largest absolute Gasteiger partial charge is 1.00 e. The fraction of sp³-hybridized carbons (Fsp3) is 0.870. The number of hydrogen-bond acceptors (Lipinski definition) is 5. The van der Waals surface area contributed by atoms with Gasteiger partial charge < -0.3 is 44.5 Å². The van der Waals surface area contributed by atoms with E-state index < -0.39 is 5.97 Å². The van der Waals surface area contributed by atoms with Gasteiger partial charge in [-0.25, -0.2) is 4.79 Å². The Morgan fingerprint density at radius 3 is 1.94 bits per heavy atom. The number of hydrogen-bond donors (Lipinski definition) is 2. The molecule has 0 saturated carbocycles. The maximum atomic E-state index is 10.7. The topological polar surface area (TPSA) is 76.0 Å². The van der Waals surface area contributed by atoms with Crippen LogP contribution >= 0.6 is 0 Å². The third kappa shape index (κ3) is 19.1. The Bertz CT molecular complexity index is 437. The number of nitrogens with zero attached hydrogens (tertiary/aromatic N) is 2. The molecular weight excluding hydrogens is 455 g/mol. The van der Waals surface area contributed by atoms with E-state index in [0.29, 0.717) is 17.6 Å². The summed E-state index contributed by atoms with van der Waals surface area (Å²) < 4.78 is 12.4. The zero-order valence-corrected chi connectivity index (χ0v) is 22.8. The number of carbonyl (C=O) groups is 1. The van der Waals surface area contributed by atoms with Crippen LogP contribution in [0.3, 0.4) is 0 Å². The molecule has 0 spiro atoms. The molecular formula is C23H50Cl2N2O5. The fourth-order valence-electron chi connectivity index (χ4n) is 3.25. The average molecular weight is 506 g/mol. The highest BCUT2D eigenvalue weighted by Gasteiger charge is 2.30. The molecule has 0 fully saturated rings. The highest BCUT2D eigenvalue weighted by Crippen LogP contribution is 2.16. The van der Waals surface area contributed by atoms with Crippen molar-refractivity contribution in [1.29, 1.82) is 0 Å². The van der Waals surface area contributed by atoms with Crippen LogP contribution in [0.15, 0.2) is 12.7 Å². The Morgan fingerprint density at radius 2 is 1.50 bits per heavy atom. The van der Waals surface area contributed by atoms with Gasteiger partial charge in [0.15, 0.2) is 6.23 Å². The second kappa shape index (κ2) is 23.7. The number of carbonyl (C=O) groups excluding carboxylic acids is 1. The molecule has 7 nitrogen and oxygen atoms in total. The summed E-state index contributed by atoms with van der Waals surface area (Å²) in [5.41, 5.74) is 0. The molecule has 0 aliphatic carbocycles. The monoisotopic (exact) mass is 504 g/mol. The van der Waals surface area contributed by atoms with E-state index in [1.807, 2.05) is 14.1 Å². The first kappa shape index (κ1) is 38.8. The zero-order chi connectivity index (χ0) is 23.5. The van der Waals surface area contributed by atoms with Gasteiger partial charge in [0.2, 0.25) is 6.73 Å². The van der Waals surface area contributed by atoms with E-state index in [1.165, 1.54) is 12.8 Å². The minimum Gasteiger partial charge on any atom is -1.00 e. The molecule has 0 aliphatic rings. The van der Waals surface area contributed by atoms with Crippen LogP contribution in [0.2, 0.25) is 0 Å². The molecule has 196 valence electrons. The second-order valence-corrected chi connectivity index (χ2v) is 8.36. The zero-order valence-electron chi connectivity index (χ0n) is 21.3. The van der Waals surface area contributed by atoms with Crippen LogP contribution in [-0.4, -0.2) is 98.2 Å². The van der Waals surface area contributed by atoms with E-state index in [0.717, 1.165) is 56.2 Å². The molecule has 0 aromatic rings. The molecule has 0 bridgehead atoms. The van der Waals surface area contributed by atoms with Gasteiger partial charge in [-0.1, -0.05) is 26.3 Å². The maximum absolute atomic E-state index is 10.7. The van der Waals surface area contributed by atoms with Crippen LogP contribution in [0.1, 0.15) is 59.8 Å². The molecule has 1 atom stereocenters. The van der Waals surface area contributed by atoms with Crippen molar-refractivity contribution in [3.63, 3.8) is 0 Å². The Balaban J connectivity index is -0.000000238. The van der Waals surface area contributed by atoms with Gasteiger partial charge in [-0.3, -0.25) is 8.97 Å². The third-order valence-electron chi connectivity index (χ3n) is 5.54. The van der Waals surface area contributed by atoms with Crippen molar-refractivity contribution in [1.82, 2.24) is 0 Å². The summed E-state index contributed by atoms with van der Waals surface area (Å²) in [5, 5.41) is 17.6. The van der Waals surface area contributed by atoms with Crippen LogP contribution in [-0.2, 0) is 14.3 Å². The Kier molecular flexibility index (Phi) is 28.8. The number of quaternary nitrogens is 2. The van der Waals surface area contributed by atoms with Gasteiger partial charge >= 0.3 is 5.97 Å². The molecule has 0 aliphatic heterocycles. The molecule has 1 unspecified atom stereocenters. The highest BCUT2D eigenvalue weighted by atomic mass is 35.5. The predicted molar refractivity (Wildman–Crippen MR) is 123 cm³/mol. The van der Waals surface area contributed by atoms with E-state index in [-0.39, 0.29) is 44.3 Å². The summed E-state index contributed by atoms with van der Waals surface area (Å²) in [7, 11) is 3.87. The van der Waals surface area contributed by atoms with Gasteiger partial charge in [0.1, 0.15) is 0 Å². The van der Waals surface area contributed by atoms with Gasteiger partial charge in [-0.05, 0) is 20.3 Å². The first-order valence-electron chi connectivity index (χ1n) is 11.5. The standard InChI is InChI=1S/C14H32NO2.C9H18NO3.2ClH/c1-5-8-9-13-17-14(4)15(6-2,7-3)11-10-12-16;1-4-9(12)13-8-10(2,3)6-5-7-11;;/h14,16H,5-13H2,1-4H3;4,11H,1,5-8H2,2-3H3;2*1H/q2*+1;;/p-2. The SMILES string of the molecule is C=CC(=O)OC[N+](C)(C)CCCO.CCCCCOC(C)[N+](CC)(CC)CCCO.[Cl-].[Cl-]. The Morgan fingerprint density at radius 1 is 0.969 bits per heavy atom. The highest BCUT2D eigenvalue weighted by molar-refractivity contribution is 5.81. The van der Waals surface area contributed by atoms with Crippen LogP contribution < -0.4 is 24.8 Å². The molecule has 0 saturated heterocycles. The smallest absolute Gasteiger partial charge is 0.334 e. The van der Waals surface area contributed by atoms with Gasteiger partial charge in [0.25, 0.3) is 0 Å². The lowest BCUT2D eigenvalue weighted by molar-refractivity contribution is -0.967. The number of aliphatic hydroxyl groups excluding tert-OH is 2. The van der Waals surface area contributed by atoms with E-state index in [2.05, 4.69) is 34.3 Å². The van der Waals surface area contributed by atoms with Crippen LogP contribution in [0.4, 0.5) is 0 Å². The lowest BCUT2D eigenvalue weighted by Crippen LogP contribution is -3.00. The first-order valence-corrected chi connectivity index (χ1v) is 11.5. The van der Waals surface area contributed by atoms with E-state index in [1.54, 1.807) is 0 Å². The minimum atomic E-state index is -0.407. The maximum Gasteiger partial charge on any atom is 0.334 e. The lowest BCUT2D eigenvalue weighted by Gasteiger charge is -2.41. The van der Waals surface area contributed by atoms with E-state index >= 15 is 0 Å². The number of ether oxygens (including phenoxy) is 2. The van der Waals surface area contributed by atoms with Gasteiger partial charge in [-0.2, -0.15) is 0 Å². The molecule has 0 radical (unpaired) electrons. The third-order valence-corrected chi connectivity index (χ3v) is 5.54. The molecule has 0 heterocycles. The average Bonchev–Trinajstić information content (AvgIpc) is 2.75. The van der Waals surface area contributed by atoms with Crippen molar-refractivity contribution < 1.29 is 58.3 Å².